The summed E-state index contributed by atoms with van der Waals surface area (Å²) in [6, 6.07) is 6.01. The van der Waals surface area contributed by atoms with E-state index in [2.05, 4.69) is 10.6 Å². The van der Waals surface area contributed by atoms with E-state index < -0.39 is 12.0 Å². The van der Waals surface area contributed by atoms with Gasteiger partial charge in [0.05, 0.1) is 19.1 Å². The average molecular weight is 336 g/mol. The van der Waals surface area contributed by atoms with Gasteiger partial charge in [-0.1, -0.05) is 0 Å². The highest BCUT2D eigenvalue weighted by atomic mass is 16.5. The molecular formula is C17H24N2O5. The minimum Gasteiger partial charge on any atom is -0.494 e. The van der Waals surface area contributed by atoms with E-state index in [0.717, 1.165) is 18.6 Å². The second-order valence-corrected chi connectivity index (χ2v) is 5.64. The SMILES string of the molecule is CCOc1ccc(NC(=O)C[C@H](NC[C@@H]2CCCO2)C(=O)O)cc1. The summed E-state index contributed by atoms with van der Waals surface area (Å²) in [5.41, 5.74) is 0.603. The van der Waals surface area contributed by atoms with Crippen LogP contribution in [0.1, 0.15) is 26.2 Å². The zero-order chi connectivity index (χ0) is 17.4. The van der Waals surface area contributed by atoms with Gasteiger partial charge in [-0.15, -0.1) is 0 Å². The molecule has 24 heavy (non-hydrogen) atoms. The lowest BCUT2D eigenvalue weighted by Crippen LogP contribution is -2.43. The minimum atomic E-state index is -1.05. The van der Waals surface area contributed by atoms with Crippen LogP contribution in [0.15, 0.2) is 24.3 Å². The van der Waals surface area contributed by atoms with Crippen LogP contribution in [-0.4, -0.2) is 48.9 Å². The summed E-state index contributed by atoms with van der Waals surface area (Å²) in [5, 5.41) is 14.9. The molecule has 1 aromatic rings. The number of carboxylic acid groups (broad SMARTS) is 1. The monoisotopic (exact) mass is 336 g/mol. The van der Waals surface area contributed by atoms with Crippen molar-refractivity contribution in [3.63, 3.8) is 0 Å². The van der Waals surface area contributed by atoms with Crippen LogP contribution in [0, 0.1) is 0 Å². The summed E-state index contributed by atoms with van der Waals surface area (Å²) in [4.78, 5) is 23.4. The number of hydrogen-bond donors (Lipinski definition) is 3. The quantitative estimate of drug-likeness (QED) is 0.634. The summed E-state index contributed by atoms with van der Waals surface area (Å²) < 4.78 is 10.8. The fourth-order valence-corrected chi connectivity index (χ4v) is 2.52. The molecule has 7 heteroatoms. The Hall–Kier alpha value is -2.12. The van der Waals surface area contributed by atoms with Gasteiger partial charge in [-0.3, -0.25) is 9.59 Å². The van der Waals surface area contributed by atoms with Crippen LogP contribution in [0.2, 0.25) is 0 Å². The number of hydrogen-bond acceptors (Lipinski definition) is 5. The van der Waals surface area contributed by atoms with Crippen molar-refractivity contribution in [3.05, 3.63) is 24.3 Å². The molecule has 0 spiro atoms. The number of carbonyl (C=O) groups excluding carboxylic acids is 1. The molecule has 0 radical (unpaired) electrons. The number of carboxylic acids is 1. The Morgan fingerprint density at radius 1 is 1.38 bits per heavy atom. The van der Waals surface area contributed by atoms with Gasteiger partial charge in [0.2, 0.25) is 5.91 Å². The molecule has 0 saturated carbocycles. The van der Waals surface area contributed by atoms with Crippen molar-refractivity contribution in [1.82, 2.24) is 5.32 Å². The van der Waals surface area contributed by atoms with Crippen LogP contribution in [0.3, 0.4) is 0 Å². The molecule has 1 saturated heterocycles. The van der Waals surface area contributed by atoms with E-state index in [1.807, 2.05) is 6.92 Å². The zero-order valence-electron chi connectivity index (χ0n) is 13.8. The molecule has 1 aliphatic heterocycles. The summed E-state index contributed by atoms with van der Waals surface area (Å²) >= 11 is 0. The van der Waals surface area contributed by atoms with Gasteiger partial charge in [-0.05, 0) is 44.0 Å². The lowest BCUT2D eigenvalue weighted by atomic mass is 10.1. The number of benzene rings is 1. The first-order valence-electron chi connectivity index (χ1n) is 8.19. The summed E-state index contributed by atoms with van der Waals surface area (Å²) in [6.45, 7) is 3.61. The summed E-state index contributed by atoms with van der Waals surface area (Å²) in [7, 11) is 0. The molecule has 1 heterocycles. The molecule has 1 aromatic carbocycles. The highest BCUT2D eigenvalue weighted by molar-refractivity contribution is 5.94. The molecule has 3 N–H and O–H groups in total. The molecule has 1 fully saturated rings. The zero-order valence-corrected chi connectivity index (χ0v) is 13.8. The Labute approximate surface area is 141 Å². The van der Waals surface area contributed by atoms with E-state index in [9.17, 15) is 14.7 Å². The third-order valence-electron chi connectivity index (χ3n) is 3.75. The second kappa shape index (κ2) is 9.24. The Bertz CT molecular complexity index is 540. The maximum absolute atomic E-state index is 12.1. The summed E-state index contributed by atoms with van der Waals surface area (Å²) in [6.07, 6.45) is 1.79. The summed E-state index contributed by atoms with van der Waals surface area (Å²) in [5.74, 6) is -0.682. The minimum absolute atomic E-state index is 0.0287. The van der Waals surface area contributed by atoms with Gasteiger partial charge in [-0.2, -0.15) is 0 Å². The molecule has 132 valence electrons. The largest absolute Gasteiger partial charge is 0.494 e. The number of carbonyl (C=O) groups is 2. The Balaban J connectivity index is 1.81. The van der Waals surface area contributed by atoms with Crippen molar-refractivity contribution in [2.24, 2.45) is 0 Å². The molecule has 2 rings (SSSR count). The molecule has 2 atom stereocenters. The van der Waals surface area contributed by atoms with E-state index in [0.29, 0.717) is 25.4 Å². The van der Waals surface area contributed by atoms with Crippen molar-refractivity contribution in [2.75, 3.05) is 25.1 Å². The maximum Gasteiger partial charge on any atom is 0.321 e. The van der Waals surface area contributed by atoms with Gasteiger partial charge < -0.3 is 25.2 Å². The lowest BCUT2D eigenvalue weighted by molar-refractivity contribution is -0.141. The van der Waals surface area contributed by atoms with Gasteiger partial charge >= 0.3 is 5.97 Å². The lowest BCUT2D eigenvalue weighted by Gasteiger charge is -2.17. The predicted molar refractivity (Wildman–Crippen MR) is 89.3 cm³/mol. The third-order valence-corrected chi connectivity index (χ3v) is 3.75. The topological polar surface area (TPSA) is 96.9 Å². The number of amides is 1. The number of nitrogens with one attached hydrogen (secondary N) is 2. The molecule has 1 amide bonds. The van der Waals surface area contributed by atoms with Crippen LogP contribution in [-0.2, 0) is 14.3 Å². The highest BCUT2D eigenvalue weighted by Gasteiger charge is 2.23. The predicted octanol–water partition coefficient (Wildman–Crippen LogP) is 1.64. The number of ether oxygens (including phenoxy) is 2. The highest BCUT2D eigenvalue weighted by Crippen LogP contribution is 2.16. The van der Waals surface area contributed by atoms with E-state index >= 15 is 0 Å². The van der Waals surface area contributed by atoms with Crippen LogP contribution < -0.4 is 15.4 Å². The standard InChI is InChI=1S/C17H24N2O5/c1-2-23-13-7-5-12(6-8-13)19-16(20)10-15(17(21)22)18-11-14-4-3-9-24-14/h5-8,14-15,18H,2-4,9-11H2,1H3,(H,19,20)(H,21,22)/t14-,15-/m0/s1. The van der Waals surface area contributed by atoms with Crippen LogP contribution in [0.4, 0.5) is 5.69 Å². The van der Waals surface area contributed by atoms with E-state index in [1.165, 1.54) is 0 Å². The van der Waals surface area contributed by atoms with E-state index in [4.69, 9.17) is 9.47 Å². The average Bonchev–Trinajstić information content (AvgIpc) is 3.06. The fourth-order valence-electron chi connectivity index (χ4n) is 2.52. The van der Waals surface area contributed by atoms with Crippen molar-refractivity contribution in [3.8, 4) is 5.75 Å². The molecule has 0 bridgehead atoms. The Morgan fingerprint density at radius 2 is 2.12 bits per heavy atom. The number of rotatable bonds is 9. The maximum atomic E-state index is 12.1. The van der Waals surface area contributed by atoms with Gasteiger partial charge in [0.25, 0.3) is 0 Å². The smallest absolute Gasteiger partial charge is 0.321 e. The van der Waals surface area contributed by atoms with Crippen molar-refractivity contribution < 1.29 is 24.2 Å². The van der Waals surface area contributed by atoms with Crippen molar-refractivity contribution in [1.29, 1.82) is 0 Å². The third kappa shape index (κ3) is 5.82. The van der Waals surface area contributed by atoms with Gasteiger partial charge in [-0.25, -0.2) is 0 Å². The van der Waals surface area contributed by atoms with Crippen LogP contribution >= 0.6 is 0 Å². The number of anilines is 1. The van der Waals surface area contributed by atoms with E-state index in [1.54, 1.807) is 24.3 Å². The molecular weight excluding hydrogens is 312 g/mol. The van der Waals surface area contributed by atoms with Crippen LogP contribution in [0.25, 0.3) is 0 Å². The second-order valence-electron chi connectivity index (χ2n) is 5.64. The first-order chi connectivity index (χ1) is 11.6. The normalized spacial score (nSPS) is 18.1. The molecule has 1 aliphatic rings. The van der Waals surface area contributed by atoms with Crippen molar-refractivity contribution in [2.45, 2.75) is 38.3 Å². The number of aliphatic carboxylic acids is 1. The van der Waals surface area contributed by atoms with Crippen LogP contribution in [0.5, 0.6) is 5.75 Å². The Kier molecular flexibility index (Phi) is 7.02. The molecule has 0 aliphatic carbocycles. The van der Waals surface area contributed by atoms with Gasteiger partial charge in [0, 0.05) is 18.8 Å². The fraction of sp³-hybridized carbons (Fsp3) is 0.529. The van der Waals surface area contributed by atoms with Crippen molar-refractivity contribution >= 4 is 17.6 Å². The first kappa shape index (κ1) is 18.2. The van der Waals surface area contributed by atoms with Gasteiger partial charge in [0.15, 0.2) is 0 Å². The first-order valence-corrected chi connectivity index (χ1v) is 8.19. The Morgan fingerprint density at radius 3 is 2.71 bits per heavy atom. The molecule has 7 nitrogen and oxygen atoms in total. The van der Waals surface area contributed by atoms with Gasteiger partial charge in [0.1, 0.15) is 11.8 Å². The molecule has 0 aromatic heterocycles. The van der Waals surface area contributed by atoms with E-state index in [-0.39, 0.29) is 18.4 Å². The molecule has 0 unspecified atom stereocenters.